The van der Waals surface area contributed by atoms with Gasteiger partial charge in [-0.05, 0) is 55.6 Å². The zero-order chi connectivity index (χ0) is 12.5. The third kappa shape index (κ3) is 2.20. The number of nitrogens with zero attached hydrogens (tertiary/aromatic N) is 1. The molecule has 3 rings (SSSR count). The third-order valence-electron chi connectivity index (χ3n) is 3.58. The van der Waals surface area contributed by atoms with Gasteiger partial charge >= 0.3 is 0 Å². The molecule has 94 valence electrons. The molecule has 1 aliphatic rings. The van der Waals surface area contributed by atoms with Gasteiger partial charge in [0.2, 0.25) is 0 Å². The molecule has 0 unspecified atom stereocenters. The largest absolute Gasteiger partial charge is 0.317 e. The fraction of sp³-hybridized carbons (Fsp3) is 0.357. The molecule has 0 amide bonds. The molecule has 0 atom stereocenters. The van der Waals surface area contributed by atoms with E-state index in [-0.39, 0.29) is 0 Å². The topological polar surface area (TPSA) is 24.9 Å². The predicted molar refractivity (Wildman–Crippen MR) is 76.6 cm³/mol. The summed E-state index contributed by atoms with van der Waals surface area (Å²) in [6.07, 6.45) is 2.29. The summed E-state index contributed by atoms with van der Waals surface area (Å²) in [5, 5.41) is 5.72. The number of halogens is 2. The van der Waals surface area contributed by atoms with Gasteiger partial charge in [0.15, 0.2) is 0 Å². The quantitative estimate of drug-likeness (QED) is 0.799. The second-order valence-corrected chi connectivity index (χ2v) is 5.46. The Balaban J connectivity index is 2.08. The second kappa shape index (κ2) is 5.04. The van der Waals surface area contributed by atoms with Crippen molar-refractivity contribution < 1.29 is 0 Å². The molecular weight excluding hydrogens is 267 g/mol. The van der Waals surface area contributed by atoms with Crippen molar-refractivity contribution in [1.82, 2.24) is 10.3 Å². The van der Waals surface area contributed by atoms with E-state index in [1.807, 2.05) is 12.1 Å². The summed E-state index contributed by atoms with van der Waals surface area (Å²) in [5.41, 5.74) is 2.11. The first-order valence-corrected chi connectivity index (χ1v) is 6.96. The predicted octanol–water partition coefficient (Wildman–Crippen LogP) is 4.01. The molecule has 4 heteroatoms. The number of hydrogen-bond donors (Lipinski definition) is 1. The van der Waals surface area contributed by atoms with Crippen LogP contribution in [0, 0.1) is 0 Å². The Morgan fingerprint density at radius 2 is 1.83 bits per heavy atom. The summed E-state index contributed by atoms with van der Waals surface area (Å²) < 4.78 is 0. The Morgan fingerprint density at radius 3 is 2.61 bits per heavy atom. The maximum absolute atomic E-state index is 6.52. The zero-order valence-electron chi connectivity index (χ0n) is 9.92. The number of fused-ring (bicyclic) bond motifs is 1. The van der Waals surface area contributed by atoms with E-state index in [4.69, 9.17) is 23.2 Å². The number of aromatic nitrogens is 1. The Bertz CT molecular complexity index is 577. The summed E-state index contributed by atoms with van der Waals surface area (Å²) >= 11 is 12.4. The first-order chi connectivity index (χ1) is 8.75. The number of pyridine rings is 1. The van der Waals surface area contributed by atoms with Crippen LogP contribution in [0.4, 0.5) is 0 Å². The van der Waals surface area contributed by atoms with Gasteiger partial charge in [-0.2, -0.15) is 0 Å². The van der Waals surface area contributed by atoms with Gasteiger partial charge < -0.3 is 5.32 Å². The molecule has 2 heterocycles. The molecule has 2 aromatic rings. The van der Waals surface area contributed by atoms with Gasteiger partial charge in [0, 0.05) is 5.39 Å². The van der Waals surface area contributed by atoms with Crippen LogP contribution in [0.2, 0.25) is 10.2 Å². The monoisotopic (exact) mass is 280 g/mol. The molecule has 1 aliphatic heterocycles. The van der Waals surface area contributed by atoms with Crippen molar-refractivity contribution in [3.63, 3.8) is 0 Å². The highest BCUT2D eigenvalue weighted by Crippen LogP contribution is 2.35. The van der Waals surface area contributed by atoms with Crippen LogP contribution in [-0.4, -0.2) is 18.1 Å². The maximum atomic E-state index is 6.52. The van der Waals surface area contributed by atoms with E-state index < -0.39 is 0 Å². The molecule has 1 aromatic heterocycles. The van der Waals surface area contributed by atoms with Crippen LogP contribution >= 0.6 is 23.2 Å². The summed E-state index contributed by atoms with van der Waals surface area (Å²) in [6.45, 7) is 2.13. The number of rotatable bonds is 1. The van der Waals surface area contributed by atoms with Gasteiger partial charge in [-0.25, -0.2) is 4.98 Å². The molecule has 0 aliphatic carbocycles. The highest BCUT2D eigenvalue weighted by Gasteiger charge is 2.19. The van der Waals surface area contributed by atoms with Crippen molar-refractivity contribution in [2.45, 2.75) is 18.8 Å². The van der Waals surface area contributed by atoms with Crippen LogP contribution in [0.3, 0.4) is 0 Å². The van der Waals surface area contributed by atoms with Crippen molar-refractivity contribution in [2.75, 3.05) is 13.1 Å². The average Bonchev–Trinajstić information content (AvgIpc) is 2.40. The normalized spacial score (nSPS) is 17.2. The molecule has 1 aromatic carbocycles. The van der Waals surface area contributed by atoms with Crippen molar-refractivity contribution >= 4 is 34.1 Å². The smallest absolute Gasteiger partial charge is 0.129 e. The van der Waals surface area contributed by atoms with Crippen LogP contribution in [0.25, 0.3) is 10.9 Å². The lowest BCUT2D eigenvalue weighted by Crippen LogP contribution is -2.26. The first-order valence-electron chi connectivity index (χ1n) is 6.21. The lowest BCUT2D eigenvalue weighted by Gasteiger charge is -2.24. The van der Waals surface area contributed by atoms with Gasteiger partial charge in [0.1, 0.15) is 5.15 Å². The fourth-order valence-corrected chi connectivity index (χ4v) is 3.14. The summed E-state index contributed by atoms with van der Waals surface area (Å²) in [5.74, 6) is 0.554. The third-order valence-corrected chi connectivity index (χ3v) is 4.21. The number of piperidine rings is 1. The molecule has 0 radical (unpaired) electrons. The summed E-state index contributed by atoms with van der Waals surface area (Å²) in [6, 6.07) is 7.87. The van der Waals surface area contributed by atoms with E-state index >= 15 is 0 Å². The lowest BCUT2D eigenvalue weighted by atomic mass is 9.89. The molecule has 18 heavy (non-hydrogen) atoms. The summed E-state index contributed by atoms with van der Waals surface area (Å²) in [4.78, 5) is 4.29. The van der Waals surface area contributed by atoms with E-state index in [1.165, 1.54) is 5.56 Å². The molecular formula is C14H14Cl2N2. The van der Waals surface area contributed by atoms with E-state index in [0.717, 1.165) is 41.9 Å². The molecule has 0 bridgehead atoms. The average molecular weight is 281 g/mol. The van der Waals surface area contributed by atoms with Crippen molar-refractivity contribution in [1.29, 1.82) is 0 Å². The minimum Gasteiger partial charge on any atom is -0.317 e. The Hall–Kier alpha value is -0.830. The number of benzene rings is 1. The number of hydrogen-bond acceptors (Lipinski definition) is 2. The van der Waals surface area contributed by atoms with E-state index in [0.29, 0.717) is 11.1 Å². The van der Waals surface area contributed by atoms with Crippen LogP contribution < -0.4 is 5.32 Å². The molecule has 0 spiro atoms. The Morgan fingerprint density at radius 1 is 1.06 bits per heavy atom. The van der Waals surface area contributed by atoms with Crippen molar-refractivity contribution in [3.8, 4) is 0 Å². The summed E-state index contributed by atoms with van der Waals surface area (Å²) in [7, 11) is 0. The fourth-order valence-electron chi connectivity index (χ4n) is 2.61. The minimum absolute atomic E-state index is 0.508. The van der Waals surface area contributed by atoms with E-state index in [2.05, 4.69) is 16.4 Å². The molecule has 0 saturated carbocycles. The van der Waals surface area contributed by atoms with Crippen LogP contribution in [0.5, 0.6) is 0 Å². The van der Waals surface area contributed by atoms with E-state index in [9.17, 15) is 0 Å². The van der Waals surface area contributed by atoms with Gasteiger partial charge in [0.05, 0.1) is 10.5 Å². The van der Waals surface area contributed by atoms with Crippen LogP contribution in [-0.2, 0) is 0 Å². The first kappa shape index (κ1) is 12.2. The van der Waals surface area contributed by atoms with Gasteiger partial charge in [-0.15, -0.1) is 0 Å². The molecule has 2 nitrogen and oxygen atoms in total. The highest BCUT2D eigenvalue weighted by atomic mass is 35.5. The Kier molecular flexibility index (Phi) is 3.42. The van der Waals surface area contributed by atoms with Crippen LogP contribution in [0.1, 0.15) is 24.3 Å². The van der Waals surface area contributed by atoms with Gasteiger partial charge in [0.25, 0.3) is 0 Å². The number of nitrogens with one attached hydrogen (secondary N) is 1. The van der Waals surface area contributed by atoms with Crippen molar-refractivity contribution in [3.05, 3.63) is 40.0 Å². The molecule has 1 fully saturated rings. The molecule has 1 saturated heterocycles. The Labute approximate surface area is 116 Å². The van der Waals surface area contributed by atoms with Gasteiger partial charge in [-0.3, -0.25) is 0 Å². The zero-order valence-corrected chi connectivity index (χ0v) is 11.4. The highest BCUT2D eigenvalue weighted by molar-refractivity contribution is 6.36. The van der Waals surface area contributed by atoms with Gasteiger partial charge in [-0.1, -0.05) is 29.3 Å². The lowest BCUT2D eigenvalue weighted by molar-refractivity contribution is 0.461. The van der Waals surface area contributed by atoms with Crippen LogP contribution in [0.15, 0.2) is 24.3 Å². The van der Waals surface area contributed by atoms with E-state index in [1.54, 1.807) is 6.07 Å². The minimum atomic E-state index is 0.508. The SMILES string of the molecule is Clc1ccc2c(Cl)c(C3CCNCC3)ccc2n1. The second-order valence-electron chi connectivity index (χ2n) is 4.69. The molecule has 1 N–H and O–H groups in total. The maximum Gasteiger partial charge on any atom is 0.129 e. The van der Waals surface area contributed by atoms with Crippen molar-refractivity contribution in [2.24, 2.45) is 0 Å². The standard InChI is InChI=1S/C14H14Cl2N2/c15-13-4-2-11-12(18-13)3-1-10(14(11)16)9-5-7-17-8-6-9/h1-4,9,17H,5-8H2.